The van der Waals surface area contributed by atoms with Gasteiger partial charge < -0.3 is 25.2 Å². The Hall–Kier alpha value is -3.10. The molecule has 1 fully saturated rings. The topological polar surface area (TPSA) is 97.0 Å². The fourth-order valence-corrected chi connectivity index (χ4v) is 4.92. The first-order chi connectivity index (χ1) is 16.1. The smallest absolute Gasteiger partial charge is 0.318 e. The van der Waals surface area contributed by atoms with Gasteiger partial charge in [-0.05, 0) is 37.3 Å². The first-order valence-electron chi connectivity index (χ1n) is 11.6. The first-order valence-corrected chi connectivity index (χ1v) is 11.6. The van der Waals surface area contributed by atoms with Crippen LogP contribution in [0.5, 0.6) is 11.8 Å². The van der Waals surface area contributed by atoms with Gasteiger partial charge in [-0.15, -0.1) is 0 Å². The van der Waals surface area contributed by atoms with Crippen LogP contribution in [-0.2, 0) is 17.7 Å². The van der Waals surface area contributed by atoms with Crippen molar-refractivity contribution in [1.29, 1.82) is 0 Å². The number of likely N-dealkylation sites (tertiary alicyclic amines) is 1. The molecule has 3 N–H and O–H groups in total. The van der Waals surface area contributed by atoms with Crippen LogP contribution >= 0.6 is 0 Å². The predicted molar refractivity (Wildman–Crippen MR) is 129 cm³/mol. The molecular weight excluding hydrogens is 418 g/mol. The van der Waals surface area contributed by atoms with E-state index in [2.05, 4.69) is 20.9 Å². The van der Waals surface area contributed by atoms with E-state index < -0.39 is 0 Å². The number of piperidine rings is 1. The van der Waals surface area contributed by atoms with Crippen LogP contribution in [0.25, 0.3) is 10.8 Å². The normalized spacial score (nSPS) is 18.9. The molecule has 0 bridgehead atoms. The number of nitrogen functional groups attached to an aromatic ring is 1. The largest absolute Gasteiger partial charge is 0.508 e. The molecule has 0 aliphatic carbocycles. The second-order valence-corrected chi connectivity index (χ2v) is 8.82. The van der Waals surface area contributed by atoms with Crippen LogP contribution in [0.2, 0.25) is 0 Å². The Kier molecular flexibility index (Phi) is 6.20. The minimum Gasteiger partial charge on any atom is -0.508 e. The van der Waals surface area contributed by atoms with Gasteiger partial charge >= 0.3 is 6.01 Å². The molecule has 8 heteroatoms. The zero-order chi connectivity index (χ0) is 22.8. The van der Waals surface area contributed by atoms with Gasteiger partial charge in [-0.3, -0.25) is 4.90 Å². The number of nitrogens with zero attached hydrogens (tertiary/aromatic N) is 4. The lowest BCUT2D eigenvalue weighted by atomic mass is 10.0. The Morgan fingerprint density at radius 1 is 1.18 bits per heavy atom. The summed E-state index contributed by atoms with van der Waals surface area (Å²) in [5.74, 6) is 0.752. The van der Waals surface area contributed by atoms with Gasteiger partial charge in [-0.2, -0.15) is 9.97 Å². The summed E-state index contributed by atoms with van der Waals surface area (Å²) in [6.45, 7) is 4.68. The van der Waals surface area contributed by atoms with Crippen molar-refractivity contribution in [2.24, 2.45) is 0 Å². The number of benzene rings is 2. The molecule has 2 aliphatic heterocycles. The van der Waals surface area contributed by atoms with Crippen molar-refractivity contribution in [1.82, 2.24) is 14.9 Å². The number of methoxy groups -OCH3 is 1. The van der Waals surface area contributed by atoms with Crippen molar-refractivity contribution in [2.45, 2.75) is 31.9 Å². The third kappa shape index (κ3) is 4.67. The van der Waals surface area contributed by atoms with Crippen molar-refractivity contribution in [3.63, 3.8) is 0 Å². The Labute approximate surface area is 193 Å². The van der Waals surface area contributed by atoms with Crippen molar-refractivity contribution in [2.75, 3.05) is 50.5 Å². The summed E-state index contributed by atoms with van der Waals surface area (Å²) >= 11 is 0. The van der Waals surface area contributed by atoms with E-state index in [4.69, 9.17) is 20.2 Å². The lowest BCUT2D eigenvalue weighted by molar-refractivity contribution is 0.0268. The molecule has 174 valence electrons. The second-order valence-electron chi connectivity index (χ2n) is 8.82. The number of aromatic hydroxyl groups is 1. The summed E-state index contributed by atoms with van der Waals surface area (Å²) in [6, 6.07) is 12.0. The summed E-state index contributed by atoms with van der Waals surface area (Å²) in [5, 5.41) is 12.4. The van der Waals surface area contributed by atoms with Crippen LogP contribution in [-0.4, -0.2) is 66.0 Å². The fourth-order valence-electron chi connectivity index (χ4n) is 4.92. The zero-order valence-electron chi connectivity index (χ0n) is 19.0. The summed E-state index contributed by atoms with van der Waals surface area (Å²) in [5.41, 5.74) is 9.14. The molecule has 5 rings (SSSR count). The molecule has 3 aromatic rings. The van der Waals surface area contributed by atoms with Crippen LogP contribution in [0.15, 0.2) is 36.4 Å². The van der Waals surface area contributed by atoms with E-state index >= 15 is 0 Å². The number of nitrogens with two attached hydrogens (primary N) is 1. The van der Waals surface area contributed by atoms with Gasteiger partial charge in [0.1, 0.15) is 18.2 Å². The summed E-state index contributed by atoms with van der Waals surface area (Å²) in [6.07, 6.45) is 3.30. The number of phenolic OH excluding ortho intramolecular Hbond substituents is 1. The van der Waals surface area contributed by atoms with Crippen molar-refractivity contribution in [3.8, 4) is 11.8 Å². The van der Waals surface area contributed by atoms with E-state index in [0.717, 1.165) is 73.2 Å². The number of aromatic nitrogens is 2. The molecule has 3 heterocycles. The standard InChI is InChI=1S/C25H31N5O3/c1-32-19-6-4-9-29(15-19)11-12-33-25-27-22-16-30(10-8-21(22)24(26)28-25)23-14-18(31)13-17-5-2-3-7-20(17)23/h2-3,5,7,13-14,19,31H,4,6,8-12,15-16H2,1H3,(H2,26,27,28)/t19-/m1/s1. The van der Waals surface area contributed by atoms with E-state index in [1.807, 2.05) is 24.3 Å². The molecule has 0 spiro atoms. The van der Waals surface area contributed by atoms with Crippen molar-refractivity contribution >= 4 is 22.3 Å². The molecule has 1 atom stereocenters. The van der Waals surface area contributed by atoms with Gasteiger partial charge in [-0.25, -0.2) is 0 Å². The molecule has 0 radical (unpaired) electrons. The number of fused-ring (bicyclic) bond motifs is 2. The van der Waals surface area contributed by atoms with Crippen LogP contribution in [0.1, 0.15) is 24.1 Å². The van der Waals surface area contributed by atoms with Crippen LogP contribution < -0.4 is 15.4 Å². The van der Waals surface area contributed by atoms with Gasteiger partial charge in [0, 0.05) is 49.4 Å². The molecule has 0 amide bonds. The minimum absolute atomic E-state index is 0.258. The SMILES string of the molecule is CO[C@@H]1CCCN(CCOc2nc(N)c3c(n2)CN(c2cc(O)cc4ccccc24)CC3)C1. The highest BCUT2D eigenvalue weighted by Crippen LogP contribution is 2.35. The van der Waals surface area contributed by atoms with E-state index in [0.29, 0.717) is 31.1 Å². The van der Waals surface area contributed by atoms with E-state index in [9.17, 15) is 5.11 Å². The molecule has 0 saturated carbocycles. The number of phenols is 1. The van der Waals surface area contributed by atoms with Crippen LogP contribution in [0.3, 0.4) is 0 Å². The van der Waals surface area contributed by atoms with Crippen LogP contribution in [0, 0.1) is 0 Å². The predicted octanol–water partition coefficient (Wildman–Crippen LogP) is 2.97. The highest BCUT2D eigenvalue weighted by atomic mass is 16.5. The molecule has 2 aromatic carbocycles. The lowest BCUT2D eigenvalue weighted by Gasteiger charge is -2.32. The fraction of sp³-hybridized carbons (Fsp3) is 0.440. The third-order valence-corrected chi connectivity index (χ3v) is 6.68. The number of rotatable bonds is 6. The quantitative estimate of drug-likeness (QED) is 0.593. The molecular formula is C25H31N5O3. The minimum atomic E-state index is 0.258. The lowest BCUT2D eigenvalue weighted by Crippen LogP contribution is -2.41. The van der Waals surface area contributed by atoms with Crippen molar-refractivity contribution in [3.05, 3.63) is 47.7 Å². The van der Waals surface area contributed by atoms with Gasteiger partial charge in [0.05, 0.1) is 18.3 Å². The molecule has 1 aromatic heterocycles. The number of ether oxygens (including phenoxy) is 2. The zero-order valence-corrected chi connectivity index (χ0v) is 19.0. The Bertz CT molecular complexity index is 1140. The van der Waals surface area contributed by atoms with E-state index in [-0.39, 0.29) is 5.75 Å². The third-order valence-electron chi connectivity index (χ3n) is 6.68. The molecule has 8 nitrogen and oxygen atoms in total. The average molecular weight is 450 g/mol. The van der Waals surface area contributed by atoms with Crippen molar-refractivity contribution < 1.29 is 14.6 Å². The maximum atomic E-state index is 10.3. The first kappa shape index (κ1) is 21.7. The van der Waals surface area contributed by atoms with Gasteiger partial charge in [0.2, 0.25) is 0 Å². The van der Waals surface area contributed by atoms with E-state index in [1.165, 1.54) is 0 Å². The average Bonchev–Trinajstić information content (AvgIpc) is 2.83. The summed E-state index contributed by atoms with van der Waals surface area (Å²) in [7, 11) is 1.78. The Balaban J connectivity index is 1.30. The number of anilines is 2. The maximum absolute atomic E-state index is 10.3. The summed E-state index contributed by atoms with van der Waals surface area (Å²) < 4.78 is 11.4. The number of hydrogen-bond donors (Lipinski definition) is 2. The Morgan fingerprint density at radius 3 is 2.94 bits per heavy atom. The van der Waals surface area contributed by atoms with Gasteiger partial charge in [-0.1, -0.05) is 24.3 Å². The maximum Gasteiger partial charge on any atom is 0.318 e. The molecule has 0 unspecified atom stereocenters. The molecule has 33 heavy (non-hydrogen) atoms. The second kappa shape index (κ2) is 9.41. The van der Waals surface area contributed by atoms with Gasteiger partial charge in [0.15, 0.2) is 0 Å². The van der Waals surface area contributed by atoms with Gasteiger partial charge in [0.25, 0.3) is 0 Å². The highest BCUT2D eigenvalue weighted by molar-refractivity contribution is 5.95. The summed E-state index contributed by atoms with van der Waals surface area (Å²) in [4.78, 5) is 13.7. The highest BCUT2D eigenvalue weighted by Gasteiger charge is 2.24. The molecule has 1 saturated heterocycles. The van der Waals surface area contributed by atoms with E-state index in [1.54, 1.807) is 13.2 Å². The number of hydrogen-bond acceptors (Lipinski definition) is 8. The monoisotopic (exact) mass is 449 g/mol. The Morgan fingerprint density at radius 2 is 2.06 bits per heavy atom. The van der Waals surface area contributed by atoms with Crippen LogP contribution in [0.4, 0.5) is 11.5 Å². The molecule has 2 aliphatic rings.